The fourth-order valence-corrected chi connectivity index (χ4v) is 2.64. The molecule has 6 nitrogen and oxygen atoms in total. The maximum atomic E-state index is 12.5. The van der Waals surface area contributed by atoms with Crippen LogP contribution in [0.4, 0.5) is 0 Å². The molecule has 1 saturated heterocycles. The van der Waals surface area contributed by atoms with E-state index in [0.29, 0.717) is 25.1 Å². The fraction of sp³-hybridized carbons (Fsp3) is 0.294. The van der Waals surface area contributed by atoms with Crippen LogP contribution < -0.4 is 10.5 Å². The van der Waals surface area contributed by atoms with Crippen LogP contribution >= 0.6 is 0 Å². The molecule has 0 radical (unpaired) electrons. The number of hydrogen-bond donors (Lipinski definition) is 1. The van der Waals surface area contributed by atoms with Crippen LogP contribution in [0.1, 0.15) is 22.5 Å². The number of rotatable bonds is 5. The predicted octanol–water partition coefficient (Wildman–Crippen LogP) is 1.81. The molecule has 0 bridgehead atoms. The van der Waals surface area contributed by atoms with Crippen molar-refractivity contribution in [2.24, 2.45) is 11.7 Å². The van der Waals surface area contributed by atoms with Gasteiger partial charge in [-0.25, -0.2) is 0 Å². The zero-order chi connectivity index (χ0) is 16.2. The minimum Gasteiger partial charge on any atom is -0.489 e. The number of likely N-dealkylation sites (tertiary alicyclic amines) is 1. The second-order valence-electron chi connectivity index (χ2n) is 5.52. The van der Waals surface area contributed by atoms with Gasteiger partial charge in [-0.2, -0.15) is 0 Å². The maximum absolute atomic E-state index is 12.5. The topological polar surface area (TPSA) is 85.8 Å². The molecule has 0 aliphatic carbocycles. The van der Waals surface area contributed by atoms with Crippen molar-refractivity contribution in [3.05, 3.63) is 54.0 Å². The number of carbonyl (C=O) groups is 2. The van der Waals surface area contributed by atoms with Crippen LogP contribution in [0.25, 0.3) is 0 Å². The molecule has 1 fully saturated rings. The quantitative estimate of drug-likeness (QED) is 0.912. The third-order valence-corrected chi connectivity index (χ3v) is 3.96. The summed E-state index contributed by atoms with van der Waals surface area (Å²) in [5, 5.41) is 0. The van der Waals surface area contributed by atoms with Crippen LogP contribution in [0.15, 0.2) is 47.1 Å². The second-order valence-corrected chi connectivity index (χ2v) is 5.52. The van der Waals surface area contributed by atoms with Gasteiger partial charge < -0.3 is 19.8 Å². The molecular formula is C17H18N2O4. The number of benzene rings is 1. The zero-order valence-electron chi connectivity index (χ0n) is 12.6. The third kappa shape index (κ3) is 3.36. The summed E-state index contributed by atoms with van der Waals surface area (Å²) in [7, 11) is 0. The maximum Gasteiger partial charge on any atom is 0.289 e. The standard InChI is InChI=1S/C17H18N2O4/c18-16(20)12-6-8-19(10-12)17(21)15-13(7-9-22-15)11-23-14-4-2-1-3-5-14/h1-5,7,9,12H,6,8,10-11H2,(H2,18,20)/t12-/m1/s1. The summed E-state index contributed by atoms with van der Waals surface area (Å²) in [6.45, 7) is 1.09. The summed E-state index contributed by atoms with van der Waals surface area (Å²) in [6.07, 6.45) is 2.07. The molecule has 0 spiro atoms. The van der Waals surface area contributed by atoms with Crippen molar-refractivity contribution in [2.75, 3.05) is 13.1 Å². The number of para-hydroxylation sites is 1. The highest BCUT2D eigenvalue weighted by Gasteiger charge is 2.32. The van der Waals surface area contributed by atoms with E-state index in [1.807, 2.05) is 30.3 Å². The molecular weight excluding hydrogens is 296 g/mol. The van der Waals surface area contributed by atoms with Gasteiger partial charge in [0.05, 0.1) is 12.2 Å². The molecule has 3 rings (SSSR count). The number of hydrogen-bond acceptors (Lipinski definition) is 4. The Labute approximate surface area is 133 Å². The number of furan rings is 1. The minimum absolute atomic E-state index is 0.231. The second kappa shape index (κ2) is 6.56. The first-order valence-electron chi connectivity index (χ1n) is 7.48. The molecule has 23 heavy (non-hydrogen) atoms. The Hall–Kier alpha value is -2.76. The van der Waals surface area contributed by atoms with E-state index in [-0.39, 0.29) is 30.1 Å². The number of carbonyl (C=O) groups excluding carboxylic acids is 2. The van der Waals surface area contributed by atoms with Gasteiger partial charge in [-0.05, 0) is 24.6 Å². The van der Waals surface area contributed by atoms with Crippen LogP contribution in [0, 0.1) is 5.92 Å². The van der Waals surface area contributed by atoms with Crippen molar-refractivity contribution in [3.63, 3.8) is 0 Å². The minimum atomic E-state index is -0.368. The van der Waals surface area contributed by atoms with Gasteiger partial charge in [0.2, 0.25) is 5.91 Å². The molecule has 120 valence electrons. The molecule has 1 aromatic carbocycles. The lowest BCUT2D eigenvalue weighted by Crippen LogP contribution is -2.32. The molecule has 1 aromatic heterocycles. The SMILES string of the molecule is NC(=O)[C@@H]1CCN(C(=O)c2occc2COc2ccccc2)C1. The van der Waals surface area contributed by atoms with Crippen molar-refractivity contribution in [1.82, 2.24) is 4.90 Å². The average Bonchev–Trinajstić information content (AvgIpc) is 3.22. The number of primary amides is 1. The molecule has 1 aliphatic heterocycles. The van der Waals surface area contributed by atoms with Crippen LogP contribution in [0.3, 0.4) is 0 Å². The molecule has 1 atom stereocenters. The van der Waals surface area contributed by atoms with Crippen LogP contribution in [-0.4, -0.2) is 29.8 Å². The summed E-state index contributed by atoms with van der Waals surface area (Å²) < 4.78 is 11.0. The van der Waals surface area contributed by atoms with Crippen LogP contribution in [-0.2, 0) is 11.4 Å². The highest BCUT2D eigenvalue weighted by atomic mass is 16.5. The summed E-state index contributed by atoms with van der Waals surface area (Å²) in [5.41, 5.74) is 5.98. The van der Waals surface area contributed by atoms with Crippen molar-refractivity contribution >= 4 is 11.8 Å². The molecule has 0 unspecified atom stereocenters. The van der Waals surface area contributed by atoms with Crippen LogP contribution in [0.2, 0.25) is 0 Å². The van der Waals surface area contributed by atoms with Gasteiger partial charge in [-0.1, -0.05) is 18.2 Å². The van der Waals surface area contributed by atoms with Gasteiger partial charge in [0.25, 0.3) is 5.91 Å². The Bertz CT molecular complexity index is 696. The average molecular weight is 314 g/mol. The number of nitrogens with zero attached hydrogens (tertiary/aromatic N) is 1. The van der Waals surface area contributed by atoms with Crippen molar-refractivity contribution < 1.29 is 18.7 Å². The van der Waals surface area contributed by atoms with Gasteiger partial charge in [0.1, 0.15) is 12.4 Å². The van der Waals surface area contributed by atoms with E-state index in [0.717, 1.165) is 5.75 Å². The van der Waals surface area contributed by atoms with Gasteiger partial charge in [0.15, 0.2) is 5.76 Å². The first-order valence-corrected chi connectivity index (χ1v) is 7.48. The first kappa shape index (κ1) is 15.1. The van der Waals surface area contributed by atoms with Gasteiger partial charge >= 0.3 is 0 Å². The fourth-order valence-electron chi connectivity index (χ4n) is 2.64. The summed E-state index contributed by atoms with van der Waals surface area (Å²) >= 11 is 0. The molecule has 2 aromatic rings. The zero-order valence-corrected chi connectivity index (χ0v) is 12.6. The summed E-state index contributed by atoms with van der Waals surface area (Å²) in [4.78, 5) is 25.4. The number of amides is 2. The van der Waals surface area contributed by atoms with E-state index < -0.39 is 0 Å². The molecule has 0 saturated carbocycles. The van der Waals surface area contributed by atoms with Gasteiger partial charge in [0, 0.05) is 18.7 Å². The Kier molecular flexibility index (Phi) is 4.32. The monoisotopic (exact) mass is 314 g/mol. The number of ether oxygens (including phenoxy) is 1. The first-order chi connectivity index (χ1) is 11.1. The normalized spacial score (nSPS) is 17.2. The highest BCUT2D eigenvalue weighted by Crippen LogP contribution is 2.22. The van der Waals surface area contributed by atoms with Crippen molar-refractivity contribution in [2.45, 2.75) is 13.0 Å². The van der Waals surface area contributed by atoms with E-state index in [9.17, 15) is 9.59 Å². The molecule has 2 amide bonds. The lowest BCUT2D eigenvalue weighted by molar-refractivity contribution is -0.121. The van der Waals surface area contributed by atoms with E-state index in [2.05, 4.69) is 0 Å². The predicted molar refractivity (Wildman–Crippen MR) is 82.7 cm³/mol. The van der Waals surface area contributed by atoms with Crippen molar-refractivity contribution in [1.29, 1.82) is 0 Å². The lowest BCUT2D eigenvalue weighted by atomic mass is 10.1. The van der Waals surface area contributed by atoms with Gasteiger partial charge in [-0.3, -0.25) is 9.59 Å². The molecule has 2 N–H and O–H groups in total. The molecule has 2 heterocycles. The Morgan fingerprint density at radius 1 is 1.26 bits per heavy atom. The smallest absolute Gasteiger partial charge is 0.289 e. The van der Waals surface area contributed by atoms with Crippen LogP contribution in [0.5, 0.6) is 5.75 Å². The highest BCUT2D eigenvalue weighted by molar-refractivity contribution is 5.93. The Morgan fingerprint density at radius 2 is 2.04 bits per heavy atom. The molecule has 6 heteroatoms. The van der Waals surface area contributed by atoms with E-state index in [1.54, 1.807) is 11.0 Å². The largest absolute Gasteiger partial charge is 0.489 e. The number of nitrogens with two attached hydrogens (primary N) is 1. The summed E-state index contributed by atoms with van der Waals surface area (Å²) in [6, 6.07) is 11.1. The van der Waals surface area contributed by atoms with E-state index >= 15 is 0 Å². The summed E-state index contributed by atoms with van der Waals surface area (Å²) in [5.74, 6) is 0.101. The Morgan fingerprint density at radius 3 is 2.74 bits per heavy atom. The van der Waals surface area contributed by atoms with Gasteiger partial charge in [-0.15, -0.1) is 0 Å². The Balaban J connectivity index is 1.66. The lowest BCUT2D eigenvalue weighted by Gasteiger charge is -2.15. The van der Waals surface area contributed by atoms with E-state index in [1.165, 1.54) is 6.26 Å². The van der Waals surface area contributed by atoms with E-state index in [4.69, 9.17) is 14.9 Å². The van der Waals surface area contributed by atoms with Crippen molar-refractivity contribution in [3.8, 4) is 5.75 Å². The third-order valence-electron chi connectivity index (χ3n) is 3.96. The molecule has 1 aliphatic rings.